The van der Waals surface area contributed by atoms with Crippen LogP contribution in [0.4, 0.5) is 0 Å². The summed E-state index contributed by atoms with van der Waals surface area (Å²) in [6.45, 7) is 0.0961. The Balaban J connectivity index is 2.30. The van der Waals surface area contributed by atoms with Crippen molar-refractivity contribution in [3.63, 3.8) is 0 Å². The maximum Gasteiger partial charge on any atom is 0.0788 e. The van der Waals surface area contributed by atoms with Gasteiger partial charge in [0.15, 0.2) is 0 Å². The van der Waals surface area contributed by atoms with Crippen molar-refractivity contribution in [3.05, 3.63) is 0 Å². The molecule has 0 spiro atoms. The average Bonchev–Trinajstić information content (AvgIpc) is 2.14. The van der Waals surface area contributed by atoms with Gasteiger partial charge < -0.3 is 10.2 Å². The number of hydrogen-bond donors (Lipinski definition) is 2. The lowest BCUT2D eigenvalue weighted by Gasteiger charge is -2.05. The number of aliphatic hydroxyl groups excluding tert-OH is 2. The Kier molecular flexibility index (Phi) is 2.49. The highest BCUT2D eigenvalue weighted by molar-refractivity contribution is 8.77. The Morgan fingerprint density at radius 2 is 2.38 bits per heavy atom. The summed E-state index contributed by atoms with van der Waals surface area (Å²) in [5, 5.41) is 17.6. The summed E-state index contributed by atoms with van der Waals surface area (Å²) in [6.07, 6.45) is -0.296. The summed E-state index contributed by atoms with van der Waals surface area (Å²) < 4.78 is 0. The second kappa shape index (κ2) is 2.96. The molecule has 0 aromatic rings. The van der Waals surface area contributed by atoms with Gasteiger partial charge in [-0.1, -0.05) is 21.6 Å². The summed E-state index contributed by atoms with van der Waals surface area (Å²) in [5.74, 6) is 0.760. The van der Waals surface area contributed by atoms with Crippen molar-refractivity contribution in [1.82, 2.24) is 0 Å². The molecule has 1 saturated heterocycles. The summed E-state index contributed by atoms with van der Waals surface area (Å²) in [4.78, 5) is 0. The van der Waals surface area contributed by atoms with Crippen molar-refractivity contribution in [2.75, 3.05) is 12.4 Å². The molecule has 0 aromatic heterocycles. The van der Waals surface area contributed by atoms with Crippen molar-refractivity contribution in [2.45, 2.75) is 11.4 Å². The molecule has 1 fully saturated rings. The van der Waals surface area contributed by atoms with Gasteiger partial charge in [-0.05, 0) is 0 Å². The number of rotatable bonds is 1. The van der Waals surface area contributed by atoms with Gasteiger partial charge in [0.1, 0.15) is 0 Å². The third-order valence-corrected chi connectivity index (χ3v) is 3.92. The topological polar surface area (TPSA) is 40.5 Å². The van der Waals surface area contributed by atoms with Crippen LogP contribution in [0.3, 0.4) is 0 Å². The first kappa shape index (κ1) is 6.74. The van der Waals surface area contributed by atoms with Gasteiger partial charge in [-0.2, -0.15) is 0 Å². The molecule has 48 valence electrons. The Morgan fingerprint density at radius 3 is 2.62 bits per heavy atom. The van der Waals surface area contributed by atoms with Crippen molar-refractivity contribution in [2.24, 2.45) is 0 Å². The van der Waals surface area contributed by atoms with E-state index < -0.39 is 0 Å². The third-order valence-electron chi connectivity index (χ3n) is 1.04. The lowest BCUT2D eigenvalue weighted by atomic mass is 10.3. The Labute approximate surface area is 56.1 Å². The molecule has 1 rings (SSSR count). The molecule has 1 aliphatic rings. The minimum absolute atomic E-state index is 0.0556. The van der Waals surface area contributed by atoms with Crippen LogP contribution in [0.5, 0.6) is 0 Å². The molecule has 1 aliphatic heterocycles. The van der Waals surface area contributed by atoms with Crippen LogP contribution in [-0.4, -0.2) is 33.9 Å². The highest BCUT2D eigenvalue weighted by Gasteiger charge is 2.25. The molecule has 0 aliphatic carbocycles. The minimum Gasteiger partial charge on any atom is -0.395 e. The molecular formula is C4H8O2S2. The van der Waals surface area contributed by atoms with E-state index in [1.54, 1.807) is 21.6 Å². The molecule has 0 radical (unpaired) electrons. The zero-order valence-corrected chi connectivity index (χ0v) is 5.91. The Morgan fingerprint density at radius 1 is 1.62 bits per heavy atom. The minimum atomic E-state index is -0.296. The van der Waals surface area contributed by atoms with Crippen LogP contribution in [0.2, 0.25) is 0 Å². The van der Waals surface area contributed by atoms with Gasteiger partial charge in [0.25, 0.3) is 0 Å². The normalized spacial score (nSPS) is 38.2. The number of hydrogen-bond acceptors (Lipinski definition) is 4. The molecular weight excluding hydrogens is 144 g/mol. The summed E-state index contributed by atoms with van der Waals surface area (Å²) >= 11 is 0. The van der Waals surface area contributed by atoms with Crippen LogP contribution < -0.4 is 0 Å². The molecule has 8 heavy (non-hydrogen) atoms. The molecule has 1 heterocycles. The van der Waals surface area contributed by atoms with Gasteiger partial charge in [-0.25, -0.2) is 0 Å². The first-order chi connectivity index (χ1) is 3.84. The van der Waals surface area contributed by atoms with Crippen LogP contribution in [0.25, 0.3) is 0 Å². The van der Waals surface area contributed by atoms with E-state index in [0.29, 0.717) is 0 Å². The highest BCUT2D eigenvalue weighted by Crippen LogP contribution is 2.37. The molecule has 0 bridgehead atoms. The maximum absolute atomic E-state index is 8.99. The number of aliphatic hydroxyl groups is 2. The highest BCUT2D eigenvalue weighted by atomic mass is 33.1. The molecule has 0 saturated carbocycles. The van der Waals surface area contributed by atoms with Gasteiger partial charge in [-0.15, -0.1) is 0 Å². The van der Waals surface area contributed by atoms with Crippen LogP contribution in [-0.2, 0) is 0 Å². The van der Waals surface area contributed by atoms with E-state index in [4.69, 9.17) is 10.2 Å². The predicted octanol–water partition coefficient (Wildman–Crippen LogP) is 0.103. The van der Waals surface area contributed by atoms with E-state index in [2.05, 4.69) is 0 Å². The molecule has 2 unspecified atom stereocenters. The van der Waals surface area contributed by atoms with Gasteiger partial charge in [0.05, 0.1) is 18.0 Å². The first-order valence-electron chi connectivity index (χ1n) is 2.42. The monoisotopic (exact) mass is 152 g/mol. The van der Waals surface area contributed by atoms with Crippen molar-refractivity contribution < 1.29 is 10.2 Å². The van der Waals surface area contributed by atoms with Crippen molar-refractivity contribution in [1.29, 1.82) is 0 Å². The average molecular weight is 152 g/mol. The van der Waals surface area contributed by atoms with E-state index in [1.807, 2.05) is 0 Å². The zero-order chi connectivity index (χ0) is 5.98. The predicted molar refractivity (Wildman–Crippen MR) is 36.9 cm³/mol. The van der Waals surface area contributed by atoms with Crippen molar-refractivity contribution in [3.8, 4) is 0 Å². The van der Waals surface area contributed by atoms with E-state index in [-0.39, 0.29) is 18.0 Å². The molecule has 2 N–H and O–H groups in total. The molecule has 4 heteroatoms. The van der Waals surface area contributed by atoms with Crippen molar-refractivity contribution >= 4 is 21.6 Å². The maximum atomic E-state index is 8.99. The van der Waals surface area contributed by atoms with Crippen LogP contribution >= 0.6 is 21.6 Å². The van der Waals surface area contributed by atoms with Crippen LogP contribution in [0, 0.1) is 0 Å². The van der Waals surface area contributed by atoms with Gasteiger partial charge >= 0.3 is 0 Å². The fourth-order valence-electron chi connectivity index (χ4n) is 0.520. The fraction of sp³-hybridized carbons (Fsp3) is 1.00. The Bertz CT molecular complexity index is 78.4. The van der Waals surface area contributed by atoms with Crippen LogP contribution in [0.1, 0.15) is 0 Å². The van der Waals surface area contributed by atoms with Gasteiger partial charge in [0.2, 0.25) is 0 Å². The Hall–Kier alpha value is 0.620. The second-order valence-corrected chi connectivity index (χ2v) is 4.32. The summed E-state index contributed by atoms with van der Waals surface area (Å²) in [7, 11) is 3.19. The molecule has 0 aromatic carbocycles. The molecule has 2 atom stereocenters. The lowest BCUT2D eigenvalue weighted by Crippen LogP contribution is -2.22. The third kappa shape index (κ3) is 1.31. The SMILES string of the molecule is OCC1SSCC1O. The van der Waals surface area contributed by atoms with Gasteiger partial charge in [0, 0.05) is 5.75 Å². The van der Waals surface area contributed by atoms with Gasteiger partial charge in [-0.3, -0.25) is 0 Å². The fourth-order valence-corrected chi connectivity index (χ4v) is 3.30. The second-order valence-electron chi connectivity index (χ2n) is 1.67. The summed E-state index contributed by atoms with van der Waals surface area (Å²) in [5.41, 5.74) is 0. The summed E-state index contributed by atoms with van der Waals surface area (Å²) in [6, 6.07) is 0. The molecule has 2 nitrogen and oxygen atoms in total. The van der Waals surface area contributed by atoms with Crippen LogP contribution in [0.15, 0.2) is 0 Å². The van der Waals surface area contributed by atoms with E-state index in [1.165, 1.54) is 0 Å². The lowest BCUT2D eigenvalue weighted by molar-refractivity contribution is 0.162. The smallest absolute Gasteiger partial charge is 0.0788 e. The largest absolute Gasteiger partial charge is 0.395 e. The zero-order valence-electron chi connectivity index (χ0n) is 4.28. The van der Waals surface area contributed by atoms with E-state index in [9.17, 15) is 0 Å². The first-order valence-corrected chi connectivity index (χ1v) is 4.80. The quantitative estimate of drug-likeness (QED) is 0.523. The van der Waals surface area contributed by atoms with E-state index >= 15 is 0 Å². The standard InChI is InChI=1S/C4H8O2S2/c5-1-4-3(6)2-7-8-4/h3-6H,1-2H2. The van der Waals surface area contributed by atoms with E-state index in [0.717, 1.165) is 5.75 Å². The molecule has 0 amide bonds.